The Morgan fingerprint density at radius 2 is 1.44 bits per heavy atom. The van der Waals surface area contributed by atoms with Gasteiger partial charge in [0.2, 0.25) is 11.8 Å². The Morgan fingerprint density at radius 3 is 1.96 bits per heavy atom. The Bertz CT molecular complexity index is 702. The summed E-state index contributed by atoms with van der Waals surface area (Å²) in [6, 6.07) is 6.72. The number of carbonyl (C=O) groups excluding carboxylic acids is 4. The van der Waals surface area contributed by atoms with Crippen LogP contribution < -0.4 is 10.6 Å². The molecule has 1 aliphatic heterocycles. The fraction of sp³-hybridized carbons (Fsp3) is 0.500. The zero-order valence-corrected chi connectivity index (χ0v) is 16.1. The second-order valence-electron chi connectivity index (χ2n) is 7.85. The predicted octanol–water partition coefficient (Wildman–Crippen LogP) is 1.73. The van der Waals surface area contributed by atoms with Crippen molar-refractivity contribution in [2.24, 2.45) is 5.41 Å². The highest BCUT2D eigenvalue weighted by atomic mass is 16.2. The lowest BCUT2D eigenvalue weighted by molar-refractivity contribution is -0.124. The summed E-state index contributed by atoms with van der Waals surface area (Å²) in [7, 11) is 0. The van der Waals surface area contributed by atoms with Gasteiger partial charge in [-0.15, -0.1) is 0 Å². The smallest absolute Gasteiger partial charge is 0.261 e. The van der Waals surface area contributed by atoms with E-state index in [1.54, 1.807) is 24.3 Å². The molecule has 2 N–H and O–H groups in total. The Hall–Kier alpha value is -2.70. The number of imide groups is 1. The zero-order valence-electron chi connectivity index (χ0n) is 16.1. The molecule has 0 radical (unpaired) electrons. The molecule has 4 amide bonds. The molecule has 1 aromatic carbocycles. The SMILES string of the molecule is CC(C)(C)CC(=O)NCCNC(=O)CCCN1C(=O)c2ccccc2C1=O. The van der Waals surface area contributed by atoms with Gasteiger partial charge in [0.25, 0.3) is 11.8 Å². The highest BCUT2D eigenvalue weighted by molar-refractivity contribution is 6.21. The second-order valence-corrected chi connectivity index (χ2v) is 7.85. The van der Waals surface area contributed by atoms with Gasteiger partial charge >= 0.3 is 0 Å². The van der Waals surface area contributed by atoms with Crippen molar-refractivity contribution >= 4 is 23.6 Å². The van der Waals surface area contributed by atoms with Crippen molar-refractivity contribution in [1.29, 1.82) is 0 Å². The molecule has 27 heavy (non-hydrogen) atoms. The second kappa shape index (κ2) is 8.79. The first-order valence-corrected chi connectivity index (χ1v) is 9.18. The summed E-state index contributed by atoms with van der Waals surface area (Å²) in [5.41, 5.74) is 0.758. The van der Waals surface area contributed by atoms with Crippen molar-refractivity contribution in [3.8, 4) is 0 Å². The van der Waals surface area contributed by atoms with E-state index in [0.29, 0.717) is 37.1 Å². The first-order valence-electron chi connectivity index (χ1n) is 9.18. The average Bonchev–Trinajstić information content (AvgIpc) is 2.82. The maximum Gasteiger partial charge on any atom is 0.261 e. The number of hydrogen-bond donors (Lipinski definition) is 2. The Kier molecular flexibility index (Phi) is 6.71. The fourth-order valence-electron chi connectivity index (χ4n) is 2.88. The third-order valence-corrected chi connectivity index (χ3v) is 4.12. The minimum Gasteiger partial charge on any atom is -0.354 e. The average molecular weight is 373 g/mol. The molecule has 1 aromatic rings. The largest absolute Gasteiger partial charge is 0.354 e. The summed E-state index contributed by atoms with van der Waals surface area (Å²) in [6.07, 6.45) is 1.04. The standard InChI is InChI=1S/C20H27N3O4/c1-20(2,3)13-17(25)22-11-10-21-16(24)9-6-12-23-18(26)14-7-4-5-8-15(14)19(23)27/h4-5,7-8H,6,9-13H2,1-3H3,(H,21,24)(H,22,25). The van der Waals surface area contributed by atoms with Crippen LogP contribution in [0, 0.1) is 5.41 Å². The van der Waals surface area contributed by atoms with E-state index in [1.165, 1.54) is 4.90 Å². The van der Waals surface area contributed by atoms with Gasteiger partial charge < -0.3 is 10.6 Å². The van der Waals surface area contributed by atoms with Crippen molar-refractivity contribution in [3.63, 3.8) is 0 Å². The van der Waals surface area contributed by atoms with Crippen molar-refractivity contribution in [2.75, 3.05) is 19.6 Å². The molecule has 0 saturated heterocycles. The van der Waals surface area contributed by atoms with Crippen LogP contribution >= 0.6 is 0 Å². The van der Waals surface area contributed by atoms with Gasteiger partial charge in [-0.2, -0.15) is 0 Å². The number of amides is 4. The van der Waals surface area contributed by atoms with E-state index in [9.17, 15) is 19.2 Å². The molecule has 7 nitrogen and oxygen atoms in total. The molecule has 0 saturated carbocycles. The van der Waals surface area contributed by atoms with Gasteiger partial charge in [-0.3, -0.25) is 24.1 Å². The van der Waals surface area contributed by atoms with Crippen molar-refractivity contribution in [3.05, 3.63) is 35.4 Å². The zero-order chi connectivity index (χ0) is 20.0. The van der Waals surface area contributed by atoms with Crippen LogP contribution in [-0.4, -0.2) is 48.2 Å². The number of nitrogens with zero attached hydrogens (tertiary/aromatic N) is 1. The van der Waals surface area contributed by atoms with E-state index in [4.69, 9.17) is 0 Å². The Labute approximate surface area is 159 Å². The van der Waals surface area contributed by atoms with Crippen molar-refractivity contribution in [1.82, 2.24) is 15.5 Å². The Balaban J connectivity index is 1.64. The highest BCUT2D eigenvalue weighted by Gasteiger charge is 2.34. The first kappa shape index (κ1) is 20.6. The number of rotatable bonds is 8. The van der Waals surface area contributed by atoms with E-state index in [0.717, 1.165) is 0 Å². The van der Waals surface area contributed by atoms with Crippen molar-refractivity contribution in [2.45, 2.75) is 40.0 Å². The van der Waals surface area contributed by atoms with Crippen LogP contribution in [0.3, 0.4) is 0 Å². The molecule has 0 atom stereocenters. The van der Waals surface area contributed by atoms with Crippen LogP contribution in [-0.2, 0) is 9.59 Å². The summed E-state index contributed by atoms with van der Waals surface area (Å²) in [6.45, 7) is 6.90. The van der Waals surface area contributed by atoms with Gasteiger partial charge in [-0.25, -0.2) is 0 Å². The summed E-state index contributed by atoms with van der Waals surface area (Å²) in [4.78, 5) is 49.2. The van der Waals surface area contributed by atoms with E-state index in [1.807, 2.05) is 20.8 Å². The Morgan fingerprint density at radius 1 is 0.926 bits per heavy atom. The van der Waals surface area contributed by atoms with E-state index in [2.05, 4.69) is 10.6 Å². The monoisotopic (exact) mass is 373 g/mol. The summed E-state index contributed by atoms with van der Waals surface area (Å²) in [5, 5.41) is 5.49. The van der Waals surface area contributed by atoms with Crippen LogP contribution in [0.5, 0.6) is 0 Å². The molecule has 146 valence electrons. The molecule has 1 heterocycles. The molecule has 0 bridgehead atoms. The molecule has 0 spiro atoms. The maximum absolute atomic E-state index is 12.2. The molecular formula is C20H27N3O4. The third kappa shape index (κ3) is 5.91. The molecule has 0 aliphatic carbocycles. The number of hydrogen-bond acceptors (Lipinski definition) is 4. The number of nitrogens with one attached hydrogen (secondary N) is 2. The third-order valence-electron chi connectivity index (χ3n) is 4.12. The maximum atomic E-state index is 12.2. The quantitative estimate of drug-likeness (QED) is 0.536. The van der Waals surface area contributed by atoms with Gasteiger partial charge in [-0.1, -0.05) is 32.9 Å². The summed E-state index contributed by atoms with van der Waals surface area (Å²) >= 11 is 0. The topological polar surface area (TPSA) is 95.6 Å². The van der Waals surface area contributed by atoms with Gasteiger partial charge in [0.05, 0.1) is 11.1 Å². The van der Waals surface area contributed by atoms with Gasteiger partial charge in [0.15, 0.2) is 0 Å². The van der Waals surface area contributed by atoms with Crippen LogP contribution in [0.2, 0.25) is 0 Å². The van der Waals surface area contributed by atoms with Gasteiger partial charge in [-0.05, 0) is 24.0 Å². The molecule has 1 aliphatic rings. The van der Waals surface area contributed by atoms with Gasteiger partial charge in [0.1, 0.15) is 0 Å². The normalized spacial score (nSPS) is 13.5. The van der Waals surface area contributed by atoms with Crippen LogP contribution in [0.4, 0.5) is 0 Å². The molecule has 7 heteroatoms. The summed E-state index contributed by atoms with van der Waals surface area (Å²) < 4.78 is 0. The lowest BCUT2D eigenvalue weighted by Gasteiger charge is -2.17. The van der Waals surface area contributed by atoms with Crippen molar-refractivity contribution < 1.29 is 19.2 Å². The summed E-state index contributed by atoms with van der Waals surface area (Å²) in [5.74, 6) is -0.825. The van der Waals surface area contributed by atoms with E-state index in [-0.39, 0.29) is 42.0 Å². The molecule has 0 unspecified atom stereocenters. The number of fused-ring (bicyclic) bond motifs is 1. The molecule has 0 fully saturated rings. The first-order chi connectivity index (χ1) is 12.7. The number of carbonyl (C=O) groups is 4. The van der Waals surface area contributed by atoms with E-state index >= 15 is 0 Å². The fourth-order valence-corrected chi connectivity index (χ4v) is 2.88. The van der Waals surface area contributed by atoms with Crippen LogP contribution in [0.1, 0.15) is 60.7 Å². The minimum atomic E-state index is -0.308. The predicted molar refractivity (Wildman–Crippen MR) is 101 cm³/mol. The molecule has 2 rings (SSSR count). The molecular weight excluding hydrogens is 346 g/mol. The highest BCUT2D eigenvalue weighted by Crippen LogP contribution is 2.22. The van der Waals surface area contributed by atoms with Gasteiger partial charge in [0, 0.05) is 32.5 Å². The number of benzene rings is 1. The van der Waals surface area contributed by atoms with E-state index < -0.39 is 0 Å². The van der Waals surface area contributed by atoms with Crippen LogP contribution in [0.15, 0.2) is 24.3 Å². The molecule has 0 aromatic heterocycles. The minimum absolute atomic E-state index is 0.0395. The lowest BCUT2D eigenvalue weighted by Crippen LogP contribution is -2.36. The van der Waals surface area contributed by atoms with Crippen LogP contribution in [0.25, 0.3) is 0 Å². The lowest BCUT2D eigenvalue weighted by atomic mass is 9.92.